The fraction of sp³-hybridized carbons (Fsp3) is 0.368. The second kappa shape index (κ2) is 9.12. The summed E-state index contributed by atoms with van der Waals surface area (Å²) in [5.74, 6) is -0.277. The Hall–Kier alpha value is -3.23. The standard InChI is InChI=1S/C19H22FN5O3/c1-2-28-19(27)25-9-7-16(8-10-25)23-17(26)13-11-21-18(22-12-13)24-15-5-3-14(20)4-6-15/h3-6,11-12,16H,2,7-10H2,1H3,(H,23,26)(H,21,22,24). The molecule has 8 nitrogen and oxygen atoms in total. The molecule has 2 amide bonds. The molecule has 2 N–H and O–H groups in total. The number of nitrogens with one attached hydrogen (secondary N) is 2. The molecule has 0 radical (unpaired) electrons. The monoisotopic (exact) mass is 387 g/mol. The van der Waals surface area contributed by atoms with E-state index in [2.05, 4.69) is 20.6 Å². The predicted molar refractivity (Wildman–Crippen MR) is 101 cm³/mol. The van der Waals surface area contributed by atoms with Crippen molar-refractivity contribution in [2.75, 3.05) is 25.0 Å². The number of rotatable bonds is 5. The third kappa shape index (κ3) is 5.15. The SMILES string of the molecule is CCOC(=O)N1CCC(NC(=O)c2cnc(Nc3ccc(F)cc3)nc2)CC1. The molecule has 3 rings (SSSR count). The highest BCUT2D eigenvalue weighted by Gasteiger charge is 2.24. The molecule has 1 aromatic carbocycles. The van der Waals surface area contributed by atoms with Crippen LogP contribution < -0.4 is 10.6 Å². The Morgan fingerprint density at radius 1 is 1.18 bits per heavy atom. The van der Waals surface area contributed by atoms with Gasteiger partial charge in [-0.1, -0.05) is 0 Å². The molecular formula is C19H22FN5O3. The van der Waals surface area contributed by atoms with Gasteiger partial charge in [0.15, 0.2) is 0 Å². The number of hydrogen-bond donors (Lipinski definition) is 2. The van der Waals surface area contributed by atoms with Gasteiger partial charge >= 0.3 is 6.09 Å². The molecular weight excluding hydrogens is 365 g/mol. The molecule has 0 unspecified atom stereocenters. The summed E-state index contributed by atoms with van der Waals surface area (Å²) in [6.45, 7) is 3.20. The lowest BCUT2D eigenvalue weighted by molar-refractivity contribution is 0.0859. The lowest BCUT2D eigenvalue weighted by Gasteiger charge is -2.31. The van der Waals surface area contributed by atoms with Gasteiger partial charge in [0.2, 0.25) is 5.95 Å². The maximum absolute atomic E-state index is 12.9. The Morgan fingerprint density at radius 3 is 2.43 bits per heavy atom. The smallest absolute Gasteiger partial charge is 0.409 e. The number of nitrogens with zero attached hydrogens (tertiary/aromatic N) is 3. The number of carbonyl (C=O) groups is 2. The van der Waals surface area contributed by atoms with Crippen molar-refractivity contribution < 1.29 is 18.7 Å². The number of aromatic nitrogens is 2. The van der Waals surface area contributed by atoms with E-state index in [-0.39, 0.29) is 23.9 Å². The minimum absolute atomic E-state index is 0.0183. The lowest BCUT2D eigenvalue weighted by atomic mass is 10.1. The third-order valence-electron chi connectivity index (χ3n) is 4.37. The van der Waals surface area contributed by atoms with E-state index in [0.29, 0.717) is 49.7 Å². The summed E-state index contributed by atoms with van der Waals surface area (Å²) in [4.78, 5) is 34.0. The van der Waals surface area contributed by atoms with Crippen molar-refractivity contribution in [3.63, 3.8) is 0 Å². The fourth-order valence-electron chi connectivity index (χ4n) is 2.86. The molecule has 1 aliphatic heterocycles. The van der Waals surface area contributed by atoms with Crippen LogP contribution in [0, 0.1) is 5.82 Å². The maximum atomic E-state index is 12.9. The van der Waals surface area contributed by atoms with Gasteiger partial charge in [0, 0.05) is 37.2 Å². The zero-order chi connectivity index (χ0) is 19.9. The van der Waals surface area contributed by atoms with E-state index in [4.69, 9.17) is 4.74 Å². The largest absolute Gasteiger partial charge is 0.450 e. The molecule has 0 saturated carbocycles. The van der Waals surface area contributed by atoms with Crippen molar-refractivity contribution >= 4 is 23.6 Å². The maximum Gasteiger partial charge on any atom is 0.409 e. The number of benzene rings is 1. The zero-order valence-electron chi connectivity index (χ0n) is 15.5. The molecule has 1 aliphatic rings. The highest BCUT2D eigenvalue weighted by atomic mass is 19.1. The first kappa shape index (κ1) is 19.5. The number of amides is 2. The van der Waals surface area contributed by atoms with E-state index in [1.54, 1.807) is 24.0 Å². The van der Waals surface area contributed by atoms with Gasteiger partial charge in [-0.25, -0.2) is 19.2 Å². The van der Waals surface area contributed by atoms with Crippen molar-refractivity contribution in [2.24, 2.45) is 0 Å². The van der Waals surface area contributed by atoms with Crippen molar-refractivity contribution in [3.05, 3.63) is 48.0 Å². The van der Waals surface area contributed by atoms with Crippen LogP contribution in [0.25, 0.3) is 0 Å². The molecule has 1 fully saturated rings. The van der Waals surface area contributed by atoms with Crippen LogP contribution in [-0.2, 0) is 4.74 Å². The molecule has 1 saturated heterocycles. The van der Waals surface area contributed by atoms with Crippen LogP contribution in [0.3, 0.4) is 0 Å². The van der Waals surface area contributed by atoms with Crippen LogP contribution in [0.2, 0.25) is 0 Å². The van der Waals surface area contributed by atoms with Crippen LogP contribution >= 0.6 is 0 Å². The molecule has 9 heteroatoms. The van der Waals surface area contributed by atoms with E-state index in [0.717, 1.165) is 0 Å². The number of likely N-dealkylation sites (tertiary alicyclic amines) is 1. The lowest BCUT2D eigenvalue weighted by Crippen LogP contribution is -2.46. The molecule has 0 spiro atoms. The Labute approximate surface area is 162 Å². The van der Waals surface area contributed by atoms with Crippen molar-refractivity contribution in [1.29, 1.82) is 0 Å². The molecule has 1 aromatic heterocycles. The number of piperidine rings is 1. The fourth-order valence-corrected chi connectivity index (χ4v) is 2.86. The van der Waals surface area contributed by atoms with Gasteiger partial charge in [0.1, 0.15) is 5.82 Å². The topological polar surface area (TPSA) is 96.5 Å². The van der Waals surface area contributed by atoms with E-state index in [1.165, 1.54) is 24.5 Å². The first-order valence-electron chi connectivity index (χ1n) is 9.12. The number of hydrogen-bond acceptors (Lipinski definition) is 6. The zero-order valence-corrected chi connectivity index (χ0v) is 15.5. The van der Waals surface area contributed by atoms with Gasteiger partial charge in [-0.2, -0.15) is 0 Å². The Balaban J connectivity index is 1.50. The summed E-state index contributed by atoms with van der Waals surface area (Å²) in [5.41, 5.74) is 0.990. The quantitative estimate of drug-likeness (QED) is 0.819. The molecule has 28 heavy (non-hydrogen) atoms. The van der Waals surface area contributed by atoms with Gasteiger partial charge < -0.3 is 20.3 Å². The van der Waals surface area contributed by atoms with Crippen LogP contribution in [0.15, 0.2) is 36.7 Å². The molecule has 148 valence electrons. The summed E-state index contributed by atoms with van der Waals surface area (Å²) in [5, 5.41) is 5.88. The summed E-state index contributed by atoms with van der Waals surface area (Å²) >= 11 is 0. The van der Waals surface area contributed by atoms with Crippen molar-refractivity contribution in [3.8, 4) is 0 Å². The molecule has 2 aromatic rings. The van der Waals surface area contributed by atoms with Crippen LogP contribution in [0.4, 0.5) is 20.8 Å². The third-order valence-corrected chi connectivity index (χ3v) is 4.37. The molecule has 2 heterocycles. The summed E-state index contributed by atoms with van der Waals surface area (Å²) < 4.78 is 17.9. The van der Waals surface area contributed by atoms with Gasteiger partial charge in [-0.3, -0.25) is 4.79 Å². The number of ether oxygens (including phenoxy) is 1. The minimum Gasteiger partial charge on any atom is -0.450 e. The summed E-state index contributed by atoms with van der Waals surface area (Å²) in [7, 11) is 0. The summed E-state index contributed by atoms with van der Waals surface area (Å²) in [6.07, 6.45) is 3.87. The first-order valence-corrected chi connectivity index (χ1v) is 9.12. The average Bonchev–Trinajstić information content (AvgIpc) is 2.71. The highest BCUT2D eigenvalue weighted by molar-refractivity contribution is 5.93. The number of carbonyl (C=O) groups excluding carboxylic acids is 2. The number of anilines is 2. The average molecular weight is 387 g/mol. The van der Waals surface area contributed by atoms with Gasteiger partial charge in [0.25, 0.3) is 5.91 Å². The van der Waals surface area contributed by atoms with Crippen molar-refractivity contribution in [1.82, 2.24) is 20.2 Å². The van der Waals surface area contributed by atoms with E-state index in [1.807, 2.05) is 0 Å². The number of halogens is 1. The van der Waals surface area contributed by atoms with Gasteiger partial charge in [-0.15, -0.1) is 0 Å². The van der Waals surface area contributed by atoms with Gasteiger partial charge in [0.05, 0.1) is 12.2 Å². The van der Waals surface area contributed by atoms with Crippen molar-refractivity contribution in [2.45, 2.75) is 25.8 Å². The molecule has 0 atom stereocenters. The Kier molecular flexibility index (Phi) is 6.36. The van der Waals surface area contributed by atoms with E-state index in [9.17, 15) is 14.0 Å². The Morgan fingerprint density at radius 2 is 1.82 bits per heavy atom. The first-order chi connectivity index (χ1) is 13.5. The molecule has 0 bridgehead atoms. The van der Waals surface area contributed by atoms with E-state index < -0.39 is 0 Å². The van der Waals surface area contributed by atoms with Crippen LogP contribution in [0.1, 0.15) is 30.1 Å². The van der Waals surface area contributed by atoms with Crippen LogP contribution in [0.5, 0.6) is 0 Å². The predicted octanol–water partition coefficient (Wildman–Crippen LogP) is 2.71. The highest BCUT2D eigenvalue weighted by Crippen LogP contribution is 2.14. The normalized spacial score (nSPS) is 14.4. The second-order valence-corrected chi connectivity index (χ2v) is 6.36. The molecule has 0 aliphatic carbocycles. The van der Waals surface area contributed by atoms with Crippen LogP contribution in [-0.4, -0.2) is 52.6 Å². The second-order valence-electron chi connectivity index (χ2n) is 6.36. The van der Waals surface area contributed by atoms with Gasteiger partial charge in [-0.05, 0) is 44.0 Å². The minimum atomic E-state index is -0.327. The Bertz CT molecular complexity index is 805. The van der Waals surface area contributed by atoms with E-state index >= 15 is 0 Å². The summed E-state index contributed by atoms with van der Waals surface area (Å²) in [6, 6.07) is 5.79.